The van der Waals surface area contributed by atoms with Crippen LogP contribution in [0.15, 0.2) is 0 Å². The summed E-state index contributed by atoms with van der Waals surface area (Å²) < 4.78 is 1.26. The predicted molar refractivity (Wildman–Crippen MR) is 49.5 cm³/mol. The second-order valence-electron chi connectivity index (χ2n) is 5.15. The summed E-state index contributed by atoms with van der Waals surface area (Å²) in [5.41, 5.74) is 0.427. The lowest BCUT2D eigenvalue weighted by atomic mass is 10.0. The third kappa shape index (κ3) is 1.31. The Labute approximate surface area is 71.0 Å². The lowest BCUT2D eigenvalue weighted by Gasteiger charge is -2.46. The molecule has 66 valence electrons. The molecule has 1 heteroatoms. The van der Waals surface area contributed by atoms with Crippen molar-refractivity contribution in [2.75, 3.05) is 13.6 Å². The summed E-state index contributed by atoms with van der Waals surface area (Å²) in [5, 5.41) is 0. The lowest BCUT2D eigenvalue weighted by Crippen LogP contribution is -2.58. The molecule has 1 nitrogen and oxygen atoms in total. The van der Waals surface area contributed by atoms with Crippen molar-refractivity contribution in [3.8, 4) is 0 Å². The number of rotatable bonds is 0. The van der Waals surface area contributed by atoms with Gasteiger partial charge in [-0.2, -0.15) is 0 Å². The van der Waals surface area contributed by atoms with Gasteiger partial charge < -0.3 is 4.48 Å². The van der Waals surface area contributed by atoms with E-state index in [1.807, 2.05) is 0 Å². The Balaban J connectivity index is 2.81. The van der Waals surface area contributed by atoms with Crippen molar-refractivity contribution in [1.29, 1.82) is 0 Å². The van der Waals surface area contributed by atoms with Crippen molar-refractivity contribution < 1.29 is 4.48 Å². The van der Waals surface area contributed by atoms with Gasteiger partial charge in [-0.25, -0.2) is 0 Å². The summed E-state index contributed by atoms with van der Waals surface area (Å²) in [6.07, 6.45) is 2.82. The SMILES string of the molecule is CC1CCC[N+]1(C)C(C)(C)C. The molecule has 11 heavy (non-hydrogen) atoms. The second-order valence-corrected chi connectivity index (χ2v) is 5.15. The van der Waals surface area contributed by atoms with E-state index in [0.717, 1.165) is 6.04 Å². The standard InChI is InChI=1S/C10H22N/c1-9-7-6-8-11(9,5)10(2,3)4/h9H,6-8H2,1-5H3/q+1. The highest BCUT2D eigenvalue weighted by molar-refractivity contribution is 4.71. The van der Waals surface area contributed by atoms with Gasteiger partial charge in [-0.05, 0) is 27.7 Å². The fourth-order valence-electron chi connectivity index (χ4n) is 2.22. The van der Waals surface area contributed by atoms with Gasteiger partial charge in [0.1, 0.15) is 0 Å². The van der Waals surface area contributed by atoms with Crippen molar-refractivity contribution in [1.82, 2.24) is 0 Å². The van der Waals surface area contributed by atoms with Gasteiger partial charge in [-0.1, -0.05) is 0 Å². The maximum Gasteiger partial charge on any atom is 0.0907 e. The highest BCUT2D eigenvalue weighted by atomic mass is 15.4. The van der Waals surface area contributed by atoms with Gasteiger partial charge >= 0.3 is 0 Å². The van der Waals surface area contributed by atoms with E-state index in [1.165, 1.54) is 23.9 Å². The molecule has 0 bridgehead atoms. The number of hydrogen-bond acceptors (Lipinski definition) is 0. The van der Waals surface area contributed by atoms with Crippen LogP contribution in [0.3, 0.4) is 0 Å². The topological polar surface area (TPSA) is 0 Å². The molecule has 1 saturated heterocycles. The summed E-state index contributed by atoms with van der Waals surface area (Å²) in [7, 11) is 2.40. The van der Waals surface area contributed by atoms with Crippen LogP contribution >= 0.6 is 0 Å². The van der Waals surface area contributed by atoms with Gasteiger partial charge in [0.15, 0.2) is 0 Å². The number of hydrogen-bond donors (Lipinski definition) is 0. The minimum absolute atomic E-state index is 0.427. The molecule has 0 radical (unpaired) electrons. The van der Waals surface area contributed by atoms with Crippen molar-refractivity contribution in [3.05, 3.63) is 0 Å². The molecule has 0 aromatic rings. The molecule has 1 rings (SSSR count). The van der Waals surface area contributed by atoms with Gasteiger partial charge in [0.25, 0.3) is 0 Å². The van der Waals surface area contributed by atoms with Crippen LogP contribution in [0.4, 0.5) is 0 Å². The van der Waals surface area contributed by atoms with Crippen LogP contribution in [-0.2, 0) is 0 Å². The van der Waals surface area contributed by atoms with E-state index in [9.17, 15) is 0 Å². The Kier molecular flexibility index (Phi) is 2.04. The average molecular weight is 156 g/mol. The van der Waals surface area contributed by atoms with Crippen LogP contribution in [0.25, 0.3) is 0 Å². The normalized spacial score (nSPS) is 39.5. The zero-order chi connectivity index (χ0) is 8.70. The molecule has 0 N–H and O–H groups in total. The molecule has 0 amide bonds. The van der Waals surface area contributed by atoms with E-state index in [1.54, 1.807) is 0 Å². The van der Waals surface area contributed by atoms with Gasteiger partial charge in [0, 0.05) is 12.8 Å². The molecular weight excluding hydrogens is 134 g/mol. The molecule has 2 unspecified atom stereocenters. The first-order valence-electron chi connectivity index (χ1n) is 4.73. The average Bonchev–Trinajstić information content (AvgIpc) is 2.12. The summed E-state index contributed by atoms with van der Waals surface area (Å²) in [4.78, 5) is 0. The first kappa shape index (κ1) is 9.05. The second kappa shape index (κ2) is 2.48. The maximum absolute atomic E-state index is 2.40. The predicted octanol–water partition coefficient (Wildman–Crippen LogP) is 2.41. The number of likely N-dealkylation sites (tertiary alicyclic amines) is 1. The van der Waals surface area contributed by atoms with Crippen molar-refractivity contribution in [2.45, 2.75) is 52.1 Å². The zero-order valence-electron chi connectivity index (χ0n) is 8.65. The third-order valence-electron chi connectivity index (χ3n) is 3.75. The molecule has 0 aliphatic carbocycles. The Morgan fingerprint density at radius 2 is 1.82 bits per heavy atom. The highest BCUT2D eigenvalue weighted by Crippen LogP contribution is 2.33. The maximum atomic E-state index is 2.40. The van der Waals surface area contributed by atoms with Gasteiger partial charge in [-0.15, -0.1) is 0 Å². The van der Waals surface area contributed by atoms with Crippen LogP contribution in [0, 0.1) is 0 Å². The van der Waals surface area contributed by atoms with E-state index < -0.39 is 0 Å². The molecule has 1 fully saturated rings. The van der Waals surface area contributed by atoms with Gasteiger partial charge in [0.2, 0.25) is 0 Å². The van der Waals surface area contributed by atoms with Crippen LogP contribution in [-0.4, -0.2) is 29.7 Å². The molecule has 0 aromatic carbocycles. The van der Waals surface area contributed by atoms with Crippen molar-refractivity contribution >= 4 is 0 Å². The summed E-state index contributed by atoms with van der Waals surface area (Å²) in [6, 6.07) is 0.856. The molecule has 2 atom stereocenters. The third-order valence-corrected chi connectivity index (χ3v) is 3.75. The van der Waals surface area contributed by atoms with Gasteiger partial charge in [0.05, 0.1) is 25.2 Å². The fraction of sp³-hybridized carbons (Fsp3) is 1.00. The molecule has 0 aromatic heterocycles. The minimum atomic E-state index is 0.427. The zero-order valence-corrected chi connectivity index (χ0v) is 8.65. The first-order valence-corrected chi connectivity index (χ1v) is 4.73. The van der Waals surface area contributed by atoms with E-state index in [2.05, 4.69) is 34.7 Å². The van der Waals surface area contributed by atoms with Crippen LogP contribution in [0.1, 0.15) is 40.5 Å². The van der Waals surface area contributed by atoms with E-state index in [-0.39, 0.29) is 0 Å². The quantitative estimate of drug-likeness (QED) is 0.472. The Hall–Kier alpha value is -0.0400. The Morgan fingerprint density at radius 1 is 1.27 bits per heavy atom. The molecule has 1 aliphatic rings. The molecule has 0 saturated carbocycles. The Bertz CT molecular complexity index is 145. The lowest BCUT2D eigenvalue weighted by molar-refractivity contribution is -0.962. The van der Waals surface area contributed by atoms with Crippen LogP contribution < -0.4 is 0 Å². The first-order chi connectivity index (χ1) is 4.88. The summed E-state index contributed by atoms with van der Waals surface area (Å²) in [5.74, 6) is 0. The molecule has 1 heterocycles. The fourth-order valence-corrected chi connectivity index (χ4v) is 2.22. The monoisotopic (exact) mass is 156 g/mol. The number of quaternary nitrogens is 1. The van der Waals surface area contributed by atoms with Crippen LogP contribution in [0.2, 0.25) is 0 Å². The van der Waals surface area contributed by atoms with Crippen molar-refractivity contribution in [2.24, 2.45) is 0 Å². The smallest absolute Gasteiger partial charge is 0.0907 e. The van der Waals surface area contributed by atoms with E-state index in [4.69, 9.17) is 0 Å². The molecule has 0 spiro atoms. The highest BCUT2D eigenvalue weighted by Gasteiger charge is 2.43. The summed E-state index contributed by atoms with van der Waals surface area (Å²) in [6.45, 7) is 10.8. The largest absolute Gasteiger partial charge is 0.320 e. The van der Waals surface area contributed by atoms with Crippen LogP contribution in [0.5, 0.6) is 0 Å². The molecular formula is C10H22N+. The van der Waals surface area contributed by atoms with E-state index in [0.29, 0.717) is 5.54 Å². The Morgan fingerprint density at radius 3 is 2.00 bits per heavy atom. The molecule has 1 aliphatic heterocycles. The minimum Gasteiger partial charge on any atom is -0.320 e. The van der Waals surface area contributed by atoms with Crippen molar-refractivity contribution in [3.63, 3.8) is 0 Å². The summed E-state index contributed by atoms with van der Waals surface area (Å²) >= 11 is 0. The van der Waals surface area contributed by atoms with Gasteiger partial charge in [-0.3, -0.25) is 0 Å². The van der Waals surface area contributed by atoms with E-state index >= 15 is 0 Å². The number of nitrogens with zero attached hydrogens (tertiary/aromatic N) is 1.